The average Bonchev–Trinajstić information content (AvgIpc) is 2.69. The van der Waals surface area contributed by atoms with Gasteiger partial charge in [-0.3, -0.25) is 9.59 Å². The van der Waals surface area contributed by atoms with Crippen molar-refractivity contribution in [2.75, 3.05) is 5.32 Å². The minimum Gasteiger partial charge on any atom is -0.326 e. The number of rotatable bonds is 4. The number of carbonyl (C=O) groups excluding carboxylic acids is 1. The van der Waals surface area contributed by atoms with Gasteiger partial charge in [-0.25, -0.2) is 0 Å². The lowest BCUT2D eigenvalue weighted by Gasteiger charge is -2.08. The molecule has 0 radical (unpaired) electrons. The van der Waals surface area contributed by atoms with Crippen LogP contribution in [0.15, 0.2) is 83.7 Å². The molecule has 2 N–H and O–H groups in total. The standard InChI is InChI=1S/C24H20N2O2/c1-16-13-23(27)26-22-15-20(11-12-21(16)22)25-24(28)14-17-7-9-19(10-8-17)18-5-3-2-4-6-18/h2-13,15H,14H2,1H3,(H,25,28)(H,26,27). The zero-order valence-corrected chi connectivity index (χ0v) is 15.5. The second-order valence-electron chi connectivity index (χ2n) is 6.86. The van der Waals surface area contributed by atoms with Crippen LogP contribution in [-0.2, 0) is 11.2 Å². The average molecular weight is 368 g/mol. The Hall–Kier alpha value is -3.66. The number of H-pyrrole nitrogens is 1. The fourth-order valence-electron chi connectivity index (χ4n) is 3.35. The lowest BCUT2D eigenvalue weighted by Crippen LogP contribution is -2.14. The molecule has 0 aliphatic carbocycles. The highest BCUT2D eigenvalue weighted by molar-refractivity contribution is 5.95. The van der Waals surface area contributed by atoms with Crippen molar-refractivity contribution in [3.8, 4) is 11.1 Å². The Labute approximate surface area is 162 Å². The number of amides is 1. The lowest BCUT2D eigenvalue weighted by molar-refractivity contribution is -0.115. The Morgan fingerprint density at radius 1 is 0.893 bits per heavy atom. The first kappa shape index (κ1) is 17.7. The van der Waals surface area contributed by atoms with E-state index in [1.807, 2.05) is 61.5 Å². The number of hydrogen-bond donors (Lipinski definition) is 2. The Morgan fingerprint density at radius 3 is 2.36 bits per heavy atom. The van der Waals surface area contributed by atoms with Gasteiger partial charge in [-0.15, -0.1) is 0 Å². The van der Waals surface area contributed by atoms with Gasteiger partial charge in [0.2, 0.25) is 11.5 Å². The topological polar surface area (TPSA) is 62.0 Å². The van der Waals surface area contributed by atoms with Crippen molar-refractivity contribution >= 4 is 22.5 Å². The Balaban J connectivity index is 1.47. The van der Waals surface area contributed by atoms with Crippen molar-refractivity contribution in [1.29, 1.82) is 0 Å². The van der Waals surface area contributed by atoms with Crippen LogP contribution in [0.3, 0.4) is 0 Å². The van der Waals surface area contributed by atoms with Gasteiger partial charge in [-0.1, -0.05) is 60.7 Å². The van der Waals surface area contributed by atoms with E-state index in [1.165, 1.54) is 0 Å². The van der Waals surface area contributed by atoms with Gasteiger partial charge in [0.1, 0.15) is 0 Å². The third kappa shape index (κ3) is 3.86. The minimum atomic E-state index is -0.146. The third-order valence-electron chi connectivity index (χ3n) is 4.76. The highest BCUT2D eigenvalue weighted by atomic mass is 16.1. The number of fused-ring (bicyclic) bond motifs is 1. The first-order valence-corrected chi connectivity index (χ1v) is 9.16. The molecule has 0 saturated heterocycles. The molecule has 4 nitrogen and oxygen atoms in total. The van der Waals surface area contributed by atoms with Crippen LogP contribution in [0.5, 0.6) is 0 Å². The van der Waals surface area contributed by atoms with Crippen LogP contribution in [-0.4, -0.2) is 10.9 Å². The molecule has 1 amide bonds. The van der Waals surface area contributed by atoms with E-state index < -0.39 is 0 Å². The van der Waals surface area contributed by atoms with E-state index in [-0.39, 0.29) is 17.9 Å². The van der Waals surface area contributed by atoms with Crippen molar-refractivity contribution in [2.24, 2.45) is 0 Å². The summed E-state index contributed by atoms with van der Waals surface area (Å²) in [7, 11) is 0. The number of aryl methyl sites for hydroxylation is 1. The fourth-order valence-corrected chi connectivity index (χ4v) is 3.35. The number of aromatic nitrogens is 1. The maximum absolute atomic E-state index is 12.4. The summed E-state index contributed by atoms with van der Waals surface area (Å²) in [4.78, 5) is 26.9. The van der Waals surface area contributed by atoms with Crippen LogP contribution in [0.2, 0.25) is 0 Å². The smallest absolute Gasteiger partial charge is 0.248 e. The first-order chi connectivity index (χ1) is 13.6. The van der Waals surface area contributed by atoms with Gasteiger partial charge in [-0.05, 0) is 41.3 Å². The van der Waals surface area contributed by atoms with E-state index in [1.54, 1.807) is 12.1 Å². The predicted molar refractivity (Wildman–Crippen MR) is 114 cm³/mol. The summed E-state index contributed by atoms with van der Waals surface area (Å²) >= 11 is 0. The highest BCUT2D eigenvalue weighted by Gasteiger charge is 2.07. The molecule has 0 aliphatic rings. The lowest BCUT2D eigenvalue weighted by atomic mass is 10.0. The molecule has 3 aromatic carbocycles. The first-order valence-electron chi connectivity index (χ1n) is 9.16. The molecule has 0 fully saturated rings. The van der Waals surface area contributed by atoms with Crippen LogP contribution in [0.25, 0.3) is 22.0 Å². The fraction of sp³-hybridized carbons (Fsp3) is 0.0833. The molecule has 4 rings (SSSR count). The zero-order chi connectivity index (χ0) is 19.5. The minimum absolute atomic E-state index is 0.0955. The SMILES string of the molecule is Cc1cc(=O)[nH]c2cc(NC(=O)Cc3ccc(-c4ccccc4)cc3)ccc12. The van der Waals surface area contributed by atoms with Gasteiger partial charge < -0.3 is 10.3 Å². The van der Waals surface area contributed by atoms with Gasteiger partial charge in [0, 0.05) is 17.1 Å². The van der Waals surface area contributed by atoms with Crippen LogP contribution < -0.4 is 10.9 Å². The molecule has 1 aromatic heterocycles. The summed E-state index contributed by atoms with van der Waals surface area (Å²) in [5.74, 6) is -0.0955. The number of benzene rings is 3. The molecule has 0 unspecified atom stereocenters. The van der Waals surface area contributed by atoms with E-state index >= 15 is 0 Å². The van der Waals surface area contributed by atoms with Gasteiger partial charge in [0.15, 0.2) is 0 Å². The van der Waals surface area contributed by atoms with Crippen LogP contribution >= 0.6 is 0 Å². The normalized spacial score (nSPS) is 10.8. The number of carbonyl (C=O) groups is 1. The van der Waals surface area contributed by atoms with Gasteiger partial charge in [0.25, 0.3) is 0 Å². The Kier molecular flexibility index (Phi) is 4.77. The number of aromatic amines is 1. The molecule has 4 heteroatoms. The molecular formula is C24H20N2O2. The monoisotopic (exact) mass is 368 g/mol. The molecule has 0 atom stereocenters. The summed E-state index contributed by atoms with van der Waals surface area (Å²) in [5, 5.41) is 3.87. The molecule has 0 spiro atoms. The highest BCUT2D eigenvalue weighted by Crippen LogP contribution is 2.21. The molecule has 0 saturated carbocycles. The summed E-state index contributed by atoms with van der Waals surface area (Å²) in [6.07, 6.45) is 0.289. The van der Waals surface area contributed by atoms with Crippen molar-refractivity contribution in [1.82, 2.24) is 4.98 Å². The summed E-state index contributed by atoms with van der Waals surface area (Å²) in [5.41, 5.74) is 5.37. The molecule has 0 bridgehead atoms. The maximum Gasteiger partial charge on any atom is 0.248 e. The van der Waals surface area contributed by atoms with E-state index in [0.29, 0.717) is 5.69 Å². The third-order valence-corrected chi connectivity index (χ3v) is 4.76. The van der Waals surface area contributed by atoms with Crippen molar-refractivity contribution < 1.29 is 4.79 Å². The van der Waals surface area contributed by atoms with Crippen LogP contribution in [0, 0.1) is 6.92 Å². The molecule has 4 aromatic rings. The Bertz CT molecular complexity index is 1190. The zero-order valence-electron chi connectivity index (χ0n) is 15.5. The van der Waals surface area contributed by atoms with E-state index in [0.717, 1.165) is 33.2 Å². The summed E-state index contributed by atoms with van der Waals surface area (Å²) < 4.78 is 0. The van der Waals surface area contributed by atoms with Crippen molar-refractivity contribution in [2.45, 2.75) is 13.3 Å². The van der Waals surface area contributed by atoms with Crippen molar-refractivity contribution in [3.05, 3.63) is 100 Å². The molecular weight excluding hydrogens is 348 g/mol. The number of hydrogen-bond acceptors (Lipinski definition) is 2. The second kappa shape index (κ2) is 7.53. The van der Waals surface area contributed by atoms with E-state index in [2.05, 4.69) is 22.4 Å². The Morgan fingerprint density at radius 2 is 1.61 bits per heavy atom. The molecule has 138 valence electrons. The predicted octanol–water partition coefficient (Wildman–Crippen LogP) is 4.68. The van der Waals surface area contributed by atoms with E-state index in [4.69, 9.17) is 0 Å². The quantitative estimate of drug-likeness (QED) is 0.549. The van der Waals surface area contributed by atoms with Gasteiger partial charge in [0.05, 0.1) is 11.9 Å². The maximum atomic E-state index is 12.4. The van der Waals surface area contributed by atoms with Gasteiger partial charge >= 0.3 is 0 Å². The van der Waals surface area contributed by atoms with Crippen LogP contribution in [0.4, 0.5) is 5.69 Å². The number of nitrogens with one attached hydrogen (secondary N) is 2. The van der Waals surface area contributed by atoms with Crippen LogP contribution in [0.1, 0.15) is 11.1 Å². The number of pyridine rings is 1. The summed E-state index contributed by atoms with van der Waals surface area (Å²) in [6.45, 7) is 1.90. The van der Waals surface area contributed by atoms with E-state index in [9.17, 15) is 9.59 Å². The van der Waals surface area contributed by atoms with Gasteiger partial charge in [-0.2, -0.15) is 0 Å². The molecule has 1 heterocycles. The largest absolute Gasteiger partial charge is 0.326 e. The second-order valence-corrected chi connectivity index (χ2v) is 6.86. The number of anilines is 1. The van der Waals surface area contributed by atoms with Crippen molar-refractivity contribution in [3.63, 3.8) is 0 Å². The molecule has 0 aliphatic heterocycles. The molecule has 28 heavy (non-hydrogen) atoms. The summed E-state index contributed by atoms with van der Waals surface area (Å²) in [6, 6.07) is 25.3.